The van der Waals surface area contributed by atoms with Crippen molar-refractivity contribution in [2.75, 3.05) is 20.0 Å². The summed E-state index contributed by atoms with van der Waals surface area (Å²) >= 11 is 4.66. The lowest BCUT2D eigenvalue weighted by Gasteiger charge is -2.10. The largest absolute Gasteiger partial charge is 0.493 e. The molecule has 1 aromatic carbocycles. The molecule has 9 heteroatoms. The molecule has 0 aliphatic rings. The number of rotatable bonds is 7. The van der Waals surface area contributed by atoms with Crippen molar-refractivity contribution in [3.05, 3.63) is 39.6 Å². The van der Waals surface area contributed by atoms with Gasteiger partial charge in [0.15, 0.2) is 16.7 Å². The van der Waals surface area contributed by atoms with Gasteiger partial charge in [-0.2, -0.15) is 5.10 Å². The SMILES string of the molecule is COc1cc(Br)cc(/C=N\NC(=O)CSc2nc(C)cc(C)n2)c1OC. The van der Waals surface area contributed by atoms with Crippen LogP contribution < -0.4 is 14.9 Å². The van der Waals surface area contributed by atoms with Crippen LogP contribution in [0.1, 0.15) is 17.0 Å². The van der Waals surface area contributed by atoms with Crippen molar-refractivity contribution < 1.29 is 14.3 Å². The van der Waals surface area contributed by atoms with Crippen LogP contribution in [0.15, 0.2) is 32.9 Å². The normalized spacial score (nSPS) is 10.8. The minimum atomic E-state index is -0.255. The number of halogens is 1. The third kappa shape index (κ3) is 5.70. The second kappa shape index (κ2) is 9.54. The number of benzene rings is 1. The average Bonchev–Trinajstić information content (AvgIpc) is 2.58. The van der Waals surface area contributed by atoms with Crippen LogP contribution in [-0.4, -0.2) is 42.1 Å². The van der Waals surface area contributed by atoms with E-state index in [4.69, 9.17) is 9.47 Å². The Balaban J connectivity index is 1.97. The molecule has 2 rings (SSSR count). The van der Waals surface area contributed by atoms with Gasteiger partial charge in [0.2, 0.25) is 0 Å². The van der Waals surface area contributed by atoms with Crippen molar-refractivity contribution in [1.82, 2.24) is 15.4 Å². The highest BCUT2D eigenvalue weighted by atomic mass is 79.9. The maximum Gasteiger partial charge on any atom is 0.250 e. The highest BCUT2D eigenvalue weighted by molar-refractivity contribution is 9.10. The number of carbonyl (C=O) groups is 1. The van der Waals surface area contributed by atoms with Gasteiger partial charge in [-0.3, -0.25) is 4.79 Å². The zero-order valence-corrected chi connectivity index (χ0v) is 17.3. The molecular weight excluding hydrogens is 420 g/mol. The zero-order valence-electron chi connectivity index (χ0n) is 14.9. The van der Waals surface area contributed by atoms with Crippen molar-refractivity contribution in [3.63, 3.8) is 0 Å². The number of aryl methyl sites for hydroxylation is 2. The number of hydrogen-bond acceptors (Lipinski definition) is 7. The molecule has 0 saturated carbocycles. The lowest BCUT2D eigenvalue weighted by molar-refractivity contribution is -0.118. The molecule has 0 aliphatic carbocycles. The van der Waals surface area contributed by atoms with E-state index in [2.05, 4.69) is 36.4 Å². The Kier molecular flexibility index (Phi) is 7.40. The molecule has 7 nitrogen and oxygen atoms in total. The number of hydrazone groups is 1. The molecule has 1 amide bonds. The summed E-state index contributed by atoms with van der Waals surface area (Å²) in [6.45, 7) is 3.78. The minimum Gasteiger partial charge on any atom is -0.493 e. The van der Waals surface area contributed by atoms with Crippen LogP contribution in [0, 0.1) is 13.8 Å². The first-order valence-electron chi connectivity index (χ1n) is 7.61. The van der Waals surface area contributed by atoms with Gasteiger partial charge in [0.25, 0.3) is 5.91 Å². The number of amides is 1. The Morgan fingerprint density at radius 1 is 1.23 bits per heavy atom. The monoisotopic (exact) mass is 438 g/mol. The standard InChI is InChI=1S/C17H19BrN4O3S/c1-10-5-11(2)21-17(20-10)26-9-15(23)22-19-8-12-6-13(18)7-14(24-3)16(12)25-4/h5-8H,9H2,1-4H3,(H,22,23)/b19-8-. The first-order chi connectivity index (χ1) is 12.4. The number of nitrogens with one attached hydrogen (secondary N) is 1. The van der Waals surface area contributed by atoms with Gasteiger partial charge < -0.3 is 9.47 Å². The van der Waals surface area contributed by atoms with Gasteiger partial charge in [-0.1, -0.05) is 27.7 Å². The van der Waals surface area contributed by atoms with Crippen molar-refractivity contribution in [2.45, 2.75) is 19.0 Å². The summed E-state index contributed by atoms with van der Waals surface area (Å²) in [5.74, 6) is 1.01. The number of hydrogen-bond donors (Lipinski definition) is 1. The molecule has 0 spiro atoms. The molecule has 0 fully saturated rings. The van der Waals surface area contributed by atoms with E-state index in [1.807, 2.05) is 26.0 Å². The van der Waals surface area contributed by atoms with Crippen molar-refractivity contribution in [1.29, 1.82) is 0 Å². The van der Waals surface area contributed by atoms with Gasteiger partial charge >= 0.3 is 0 Å². The summed E-state index contributed by atoms with van der Waals surface area (Å²) in [5.41, 5.74) is 4.89. The number of aromatic nitrogens is 2. The van der Waals surface area contributed by atoms with Crippen LogP contribution in [0.25, 0.3) is 0 Å². The lowest BCUT2D eigenvalue weighted by Crippen LogP contribution is -2.20. The number of thioether (sulfide) groups is 1. The quantitative estimate of drug-likeness (QED) is 0.309. The van der Waals surface area contributed by atoms with E-state index in [0.29, 0.717) is 22.2 Å². The molecular formula is C17H19BrN4O3S. The number of methoxy groups -OCH3 is 2. The summed E-state index contributed by atoms with van der Waals surface area (Å²) in [6, 6.07) is 5.48. The van der Waals surface area contributed by atoms with E-state index >= 15 is 0 Å². The van der Waals surface area contributed by atoms with Crippen LogP contribution in [0.5, 0.6) is 11.5 Å². The van der Waals surface area contributed by atoms with E-state index < -0.39 is 0 Å². The maximum atomic E-state index is 12.0. The highest BCUT2D eigenvalue weighted by Crippen LogP contribution is 2.33. The highest BCUT2D eigenvalue weighted by Gasteiger charge is 2.10. The zero-order chi connectivity index (χ0) is 19.1. The van der Waals surface area contributed by atoms with Gasteiger partial charge in [0.1, 0.15) is 0 Å². The molecule has 1 heterocycles. The summed E-state index contributed by atoms with van der Waals surface area (Å²) in [4.78, 5) is 20.5. The first-order valence-corrected chi connectivity index (χ1v) is 9.39. The smallest absolute Gasteiger partial charge is 0.250 e. The van der Waals surface area contributed by atoms with Crippen LogP contribution in [0.2, 0.25) is 0 Å². The first kappa shape index (κ1) is 20.2. The Bertz CT molecular complexity index is 810. The van der Waals surface area contributed by atoms with E-state index in [9.17, 15) is 4.79 Å². The molecule has 26 heavy (non-hydrogen) atoms. The van der Waals surface area contributed by atoms with Gasteiger partial charge in [-0.15, -0.1) is 0 Å². The Morgan fingerprint density at radius 2 is 1.92 bits per heavy atom. The molecule has 1 N–H and O–H groups in total. The van der Waals surface area contributed by atoms with Crippen LogP contribution in [0.4, 0.5) is 0 Å². The lowest BCUT2D eigenvalue weighted by atomic mass is 10.2. The van der Waals surface area contributed by atoms with E-state index in [1.165, 1.54) is 18.0 Å². The van der Waals surface area contributed by atoms with E-state index in [1.54, 1.807) is 20.3 Å². The van der Waals surface area contributed by atoms with E-state index in [-0.39, 0.29) is 11.7 Å². The maximum absolute atomic E-state index is 12.0. The minimum absolute atomic E-state index is 0.166. The Hall–Kier alpha value is -2.13. The van der Waals surface area contributed by atoms with E-state index in [0.717, 1.165) is 15.9 Å². The predicted molar refractivity (Wildman–Crippen MR) is 105 cm³/mol. The van der Waals surface area contributed by atoms with Gasteiger partial charge in [-0.05, 0) is 32.0 Å². The molecule has 138 valence electrons. The number of ether oxygens (including phenoxy) is 2. The van der Waals surface area contributed by atoms with Crippen LogP contribution in [-0.2, 0) is 4.79 Å². The third-order valence-corrected chi connectivity index (χ3v) is 4.46. The molecule has 2 aromatic rings. The second-order valence-corrected chi connectivity index (χ2v) is 7.10. The van der Waals surface area contributed by atoms with Crippen molar-refractivity contribution in [2.24, 2.45) is 5.10 Å². The number of carbonyl (C=O) groups excluding carboxylic acids is 1. The summed E-state index contributed by atoms with van der Waals surface area (Å²) in [5, 5.41) is 4.55. The molecule has 0 aliphatic heterocycles. The molecule has 0 radical (unpaired) electrons. The van der Waals surface area contributed by atoms with Crippen LogP contribution >= 0.6 is 27.7 Å². The predicted octanol–water partition coefficient (Wildman–Crippen LogP) is 3.12. The Morgan fingerprint density at radius 3 is 2.54 bits per heavy atom. The summed E-state index contributed by atoms with van der Waals surface area (Å²) in [7, 11) is 3.10. The third-order valence-electron chi connectivity index (χ3n) is 3.16. The number of nitrogens with zero attached hydrogens (tertiary/aromatic N) is 3. The molecule has 0 saturated heterocycles. The van der Waals surface area contributed by atoms with Gasteiger partial charge in [0.05, 0.1) is 26.2 Å². The second-order valence-electron chi connectivity index (χ2n) is 5.25. The Labute approximate surface area is 164 Å². The summed E-state index contributed by atoms with van der Waals surface area (Å²) < 4.78 is 11.4. The molecule has 0 atom stereocenters. The molecule has 0 unspecified atom stereocenters. The fraction of sp³-hybridized carbons (Fsp3) is 0.294. The summed E-state index contributed by atoms with van der Waals surface area (Å²) in [6.07, 6.45) is 1.50. The van der Waals surface area contributed by atoms with Crippen LogP contribution in [0.3, 0.4) is 0 Å². The topological polar surface area (TPSA) is 85.7 Å². The fourth-order valence-electron chi connectivity index (χ4n) is 2.15. The molecule has 0 bridgehead atoms. The molecule has 1 aromatic heterocycles. The van der Waals surface area contributed by atoms with Crippen molar-refractivity contribution in [3.8, 4) is 11.5 Å². The van der Waals surface area contributed by atoms with Crippen molar-refractivity contribution >= 4 is 39.8 Å². The van der Waals surface area contributed by atoms with Gasteiger partial charge in [-0.25, -0.2) is 15.4 Å². The average molecular weight is 439 g/mol. The van der Waals surface area contributed by atoms with Gasteiger partial charge in [0, 0.05) is 21.4 Å². The fourth-order valence-corrected chi connectivity index (χ4v) is 3.35.